The molecule has 16 heavy (non-hydrogen) atoms. The summed E-state index contributed by atoms with van der Waals surface area (Å²) in [6.07, 6.45) is 3.78. The van der Waals surface area contributed by atoms with E-state index in [0.717, 1.165) is 13.0 Å². The molecular weight excluding hydrogens is 262 g/mol. The maximum atomic E-state index is 3.72. The predicted octanol–water partition coefficient (Wildman–Crippen LogP) is 3.61. The summed E-state index contributed by atoms with van der Waals surface area (Å²) in [5.41, 5.74) is 2.87. The van der Waals surface area contributed by atoms with Crippen LogP contribution in [0.1, 0.15) is 30.9 Å². The highest BCUT2D eigenvalue weighted by Gasteiger charge is 2.17. The second-order valence-electron chi connectivity index (χ2n) is 4.64. The molecule has 1 nitrogen and oxygen atoms in total. The first-order valence-electron chi connectivity index (χ1n) is 6.22. The van der Waals surface area contributed by atoms with E-state index in [1.165, 1.54) is 37.1 Å². The zero-order valence-corrected chi connectivity index (χ0v) is 11.5. The van der Waals surface area contributed by atoms with Gasteiger partial charge in [0, 0.05) is 17.9 Å². The summed E-state index contributed by atoms with van der Waals surface area (Å²) in [5.74, 6) is 0. The maximum Gasteiger partial charge on any atom is 0.0273 e. The van der Waals surface area contributed by atoms with Crippen LogP contribution in [0.5, 0.6) is 0 Å². The smallest absolute Gasteiger partial charge is 0.0273 e. The molecule has 1 aromatic carbocycles. The second kappa shape index (κ2) is 5.83. The van der Waals surface area contributed by atoms with Crippen LogP contribution in [0.25, 0.3) is 0 Å². The Kier molecular flexibility index (Phi) is 4.42. The van der Waals surface area contributed by atoms with E-state index in [4.69, 9.17) is 0 Å². The lowest BCUT2D eigenvalue weighted by Crippen LogP contribution is -2.35. The number of benzene rings is 1. The van der Waals surface area contributed by atoms with E-state index < -0.39 is 0 Å². The van der Waals surface area contributed by atoms with Crippen LogP contribution in [0.15, 0.2) is 24.3 Å². The number of likely N-dealkylation sites (tertiary alicyclic amines) is 1. The topological polar surface area (TPSA) is 3.24 Å². The van der Waals surface area contributed by atoms with Crippen molar-refractivity contribution in [2.75, 3.05) is 13.1 Å². The van der Waals surface area contributed by atoms with Crippen LogP contribution in [-0.2, 0) is 13.0 Å². The van der Waals surface area contributed by atoms with Gasteiger partial charge in [0.1, 0.15) is 0 Å². The van der Waals surface area contributed by atoms with Gasteiger partial charge >= 0.3 is 0 Å². The van der Waals surface area contributed by atoms with Crippen molar-refractivity contribution in [3.8, 4) is 0 Å². The summed E-state index contributed by atoms with van der Waals surface area (Å²) in [5, 5.41) is 0. The largest absolute Gasteiger partial charge is 0.298 e. The number of piperidine rings is 1. The average Bonchev–Trinajstić information content (AvgIpc) is 2.30. The summed E-state index contributed by atoms with van der Waals surface area (Å²) in [6.45, 7) is 5.74. The van der Waals surface area contributed by atoms with Crippen molar-refractivity contribution in [1.29, 1.82) is 0 Å². The molecule has 0 saturated carbocycles. The Hall–Kier alpha value is -0.340. The zero-order chi connectivity index (χ0) is 11.4. The van der Waals surface area contributed by atoms with Gasteiger partial charge < -0.3 is 0 Å². The molecule has 1 atom stereocenters. The van der Waals surface area contributed by atoms with Crippen LogP contribution in [0, 0.1) is 0 Å². The molecule has 1 fully saturated rings. The summed E-state index contributed by atoms with van der Waals surface area (Å²) < 4.78 is 0. The van der Waals surface area contributed by atoms with Crippen LogP contribution in [-0.4, -0.2) is 22.8 Å². The number of hydrogen-bond donors (Lipinski definition) is 0. The summed E-state index contributed by atoms with van der Waals surface area (Å²) in [6, 6.07) is 9.06. The molecule has 1 aromatic rings. The molecule has 1 saturated heterocycles. The van der Waals surface area contributed by atoms with Crippen molar-refractivity contribution >= 4 is 15.9 Å². The quantitative estimate of drug-likeness (QED) is 0.766. The third-order valence-electron chi connectivity index (χ3n) is 3.29. The van der Waals surface area contributed by atoms with E-state index in [9.17, 15) is 0 Å². The van der Waals surface area contributed by atoms with E-state index in [1.807, 2.05) is 0 Å². The van der Waals surface area contributed by atoms with Crippen molar-refractivity contribution in [1.82, 2.24) is 4.90 Å². The Morgan fingerprint density at radius 1 is 1.25 bits per heavy atom. The number of hydrogen-bond acceptors (Lipinski definition) is 1. The third-order valence-corrected chi connectivity index (χ3v) is 4.03. The first-order valence-corrected chi connectivity index (χ1v) is 7.13. The maximum absolute atomic E-state index is 3.72. The fraction of sp³-hybridized carbons (Fsp3) is 0.571. The van der Waals surface area contributed by atoms with Crippen molar-refractivity contribution < 1.29 is 0 Å². The molecule has 0 spiro atoms. The fourth-order valence-electron chi connectivity index (χ4n) is 2.28. The van der Waals surface area contributed by atoms with E-state index >= 15 is 0 Å². The van der Waals surface area contributed by atoms with Crippen molar-refractivity contribution in [2.45, 2.75) is 37.6 Å². The van der Waals surface area contributed by atoms with E-state index in [-0.39, 0.29) is 0 Å². The molecule has 1 aliphatic heterocycles. The lowest BCUT2D eigenvalue weighted by Gasteiger charge is -2.29. The van der Waals surface area contributed by atoms with Gasteiger partial charge in [-0.15, -0.1) is 0 Å². The van der Waals surface area contributed by atoms with Crippen molar-refractivity contribution in [3.05, 3.63) is 35.4 Å². The van der Waals surface area contributed by atoms with E-state index in [0.29, 0.717) is 4.83 Å². The number of alkyl halides is 1. The molecule has 0 radical (unpaired) electrons. The Morgan fingerprint density at radius 3 is 2.56 bits per heavy atom. The van der Waals surface area contributed by atoms with Crippen molar-refractivity contribution in [3.63, 3.8) is 0 Å². The number of nitrogens with zero attached hydrogens (tertiary/aromatic N) is 1. The molecule has 0 amide bonds. The predicted molar refractivity (Wildman–Crippen MR) is 73.0 cm³/mol. The molecule has 88 valence electrons. The Balaban J connectivity index is 1.92. The monoisotopic (exact) mass is 281 g/mol. The van der Waals surface area contributed by atoms with Crippen LogP contribution in [0.3, 0.4) is 0 Å². The van der Waals surface area contributed by atoms with Gasteiger partial charge in [0.25, 0.3) is 0 Å². The van der Waals surface area contributed by atoms with Gasteiger partial charge in [-0.1, -0.05) is 47.1 Å². The number of aryl methyl sites for hydroxylation is 1. The van der Waals surface area contributed by atoms with Crippen LogP contribution in [0.4, 0.5) is 0 Å². The molecule has 0 bridgehead atoms. The Morgan fingerprint density at radius 2 is 1.94 bits per heavy atom. The number of rotatable bonds is 3. The molecule has 0 N–H and O–H groups in total. The fourth-order valence-corrected chi connectivity index (χ4v) is 3.01. The van der Waals surface area contributed by atoms with Gasteiger partial charge in [-0.3, -0.25) is 4.90 Å². The minimum Gasteiger partial charge on any atom is -0.298 e. The highest BCUT2D eigenvalue weighted by molar-refractivity contribution is 9.09. The molecule has 2 heteroatoms. The van der Waals surface area contributed by atoms with Crippen LogP contribution in [0.2, 0.25) is 0 Å². The molecular formula is C14H20BrN. The Bertz CT molecular complexity index is 320. The highest BCUT2D eigenvalue weighted by atomic mass is 79.9. The van der Waals surface area contributed by atoms with Gasteiger partial charge in [-0.2, -0.15) is 0 Å². The Labute approximate surface area is 107 Å². The molecule has 1 heterocycles. The normalized spacial score (nSPS) is 22.2. The lowest BCUT2D eigenvalue weighted by atomic mass is 10.1. The third kappa shape index (κ3) is 3.33. The molecule has 1 aliphatic rings. The first kappa shape index (κ1) is 12.1. The summed E-state index contributed by atoms with van der Waals surface area (Å²) >= 11 is 3.72. The summed E-state index contributed by atoms with van der Waals surface area (Å²) in [4.78, 5) is 3.24. The highest BCUT2D eigenvalue weighted by Crippen LogP contribution is 2.18. The standard InChI is InChI=1S/C14H20BrN/c1-2-12-5-7-13(8-6-12)10-16-9-3-4-14(15)11-16/h5-8,14H,2-4,9-11H2,1H3. The minimum atomic E-state index is 0.691. The minimum absolute atomic E-state index is 0.691. The van der Waals surface area contributed by atoms with Crippen LogP contribution >= 0.6 is 15.9 Å². The van der Waals surface area contributed by atoms with Crippen LogP contribution < -0.4 is 0 Å². The van der Waals surface area contributed by atoms with Gasteiger partial charge in [-0.05, 0) is 36.9 Å². The van der Waals surface area contributed by atoms with E-state index in [1.54, 1.807) is 0 Å². The zero-order valence-electron chi connectivity index (χ0n) is 9.95. The average molecular weight is 282 g/mol. The SMILES string of the molecule is CCc1ccc(CN2CCCC(Br)C2)cc1. The summed E-state index contributed by atoms with van der Waals surface area (Å²) in [7, 11) is 0. The van der Waals surface area contributed by atoms with Gasteiger partial charge in [0.15, 0.2) is 0 Å². The molecule has 1 unspecified atom stereocenters. The van der Waals surface area contributed by atoms with Gasteiger partial charge in [-0.25, -0.2) is 0 Å². The number of halogens is 1. The van der Waals surface area contributed by atoms with E-state index in [2.05, 4.69) is 52.0 Å². The molecule has 0 aliphatic carbocycles. The van der Waals surface area contributed by atoms with Gasteiger partial charge in [0.05, 0.1) is 0 Å². The van der Waals surface area contributed by atoms with Gasteiger partial charge in [0.2, 0.25) is 0 Å². The lowest BCUT2D eigenvalue weighted by molar-refractivity contribution is 0.228. The van der Waals surface area contributed by atoms with Crippen molar-refractivity contribution in [2.24, 2.45) is 0 Å². The molecule has 0 aromatic heterocycles. The molecule has 2 rings (SSSR count). The second-order valence-corrected chi connectivity index (χ2v) is 5.94. The first-order chi connectivity index (χ1) is 7.78.